The monoisotopic (exact) mass is 190 g/mol. The Bertz CT molecular complexity index is 113. The van der Waals surface area contributed by atoms with Crippen molar-refractivity contribution < 1.29 is 14.6 Å². The Hall–Kier alpha value is -0.120. The van der Waals surface area contributed by atoms with Crippen LogP contribution in [0.5, 0.6) is 0 Å². The van der Waals surface area contributed by atoms with Crippen molar-refractivity contribution in [3.05, 3.63) is 0 Å². The molecular weight excluding hydrogens is 168 g/mol. The third-order valence-electron chi connectivity index (χ3n) is 1.54. The molecule has 0 aromatic carbocycles. The second-order valence-electron chi connectivity index (χ2n) is 3.97. The highest BCUT2D eigenvalue weighted by molar-refractivity contribution is 4.46. The van der Waals surface area contributed by atoms with Crippen LogP contribution in [0.15, 0.2) is 0 Å². The van der Waals surface area contributed by atoms with E-state index >= 15 is 0 Å². The third-order valence-corrected chi connectivity index (χ3v) is 1.54. The molecule has 0 heterocycles. The fourth-order valence-corrected chi connectivity index (χ4v) is 0.739. The summed E-state index contributed by atoms with van der Waals surface area (Å²) < 4.78 is 10.4. The largest absolute Gasteiger partial charge is 0.379 e. The molecule has 3 heteroatoms. The second kappa shape index (κ2) is 7.30. The summed E-state index contributed by atoms with van der Waals surface area (Å²) in [4.78, 5) is 0. The number of aliphatic hydroxyl groups is 1. The minimum Gasteiger partial charge on any atom is -0.379 e. The van der Waals surface area contributed by atoms with Crippen molar-refractivity contribution in [3.8, 4) is 0 Å². The molecule has 0 aliphatic carbocycles. The summed E-state index contributed by atoms with van der Waals surface area (Å²) >= 11 is 0. The summed E-state index contributed by atoms with van der Waals surface area (Å²) in [5.41, 5.74) is 0. The van der Waals surface area contributed by atoms with Crippen molar-refractivity contribution >= 4 is 0 Å². The number of hydrogen-bond acceptors (Lipinski definition) is 3. The first-order valence-electron chi connectivity index (χ1n) is 4.91. The third kappa shape index (κ3) is 8.22. The fourth-order valence-electron chi connectivity index (χ4n) is 0.739. The average Bonchev–Trinajstić information content (AvgIpc) is 2.02. The van der Waals surface area contributed by atoms with Crippen LogP contribution in [0, 0.1) is 11.8 Å². The Kier molecular flexibility index (Phi) is 7.23. The lowest BCUT2D eigenvalue weighted by Gasteiger charge is -2.15. The van der Waals surface area contributed by atoms with Crippen LogP contribution in [0.2, 0.25) is 0 Å². The number of aliphatic hydroxyl groups excluding tert-OH is 1. The number of ether oxygens (including phenoxy) is 2. The Balaban J connectivity index is 3.16. The van der Waals surface area contributed by atoms with Crippen LogP contribution in [0.1, 0.15) is 27.7 Å². The smallest absolute Gasteiger partial charge is 0.156 e. The summed E-state index contributed by atoms with van der Waals surface area (Å²) in [6.07, 6.45) is -0.664. The van der Waals surface area contributed by atoms with Crippen LogP contribution < -0.4 is 0 Å². The van der Waals surface area contributed by atoms with Gasteiger partial charge in [-0.15, -0.1) is 0 Å². The van der Waals surface area contributed by atoms with Gasteiger partial charge in [0.15, 0.2) is 6.29 Å². The van der Waals surface area contributed by atoms with Gasteiger partial charge in [0.2, 0.25) is 0 Å². The van der Waals surface area contributed by atoms with Gasteiger partial charge in [-0.1, -0.05) is 27.7 Å². The summed E-state index contributed by atoms with van der Waals surface area (Å²) in [7, 11) is 0. The highest BCUT2D eigenvalue weighted by Gasteiger charge is 2.08. The molecule has 0 aliphatic heterocycles. The molecule has 0 radical (unpaired) electrons. The molecule has 1 atom stereocenters. The summed E-state index contributed by atoms with van der Waals surface area (Å²) in [5.74, 6) is 0.695. The first-order chi connectivity index (χ1) is 6.04. The molecule has 3 nitrogen and oxygen atoms in total. The first-order valence-corrected chi connectivity index (χ1v) is 4.91. The van der Waals surface area contributed by atoms with Crippen molar-refractivity contribution in [2.75, 3.05) is 19.8 Å². The first kappa shape index (κ1) is 12.9. The summed E-state index contributed by atoms with van der Waals surface area (Å²) in [5, 5.41) is 9.26. The number of rotatable bonds is 7. The molecular formula is C10H22O3. The van der Waals surface area contributed by atoms with Crippen LogP contribution in [0.4, 0.5) is 0 Å². The van der Waals surface area contributed by atoms with E-state index in [0.717, 1.165) is 6.61 Å². The Morgan fingerprint density at radius 3 is 2.15 bits per heavy atom. The van der Waals surface area contributed by atoms with E-state index in [9.17, 15) is 5.11 Å². The van der Waals surface area contributed by atoms with E-state index in [-0.39, 0.29) is 5.92 Å². The highest BCUT2D eigenvalue weighted by Crippen LogP contribution is 2.02. The van der Waals surface area contributed by atoms with E-state index in [2.05, 4.69) is 13.8 Å². The number of hydrogen-bond donors (Lipinski definition) is 1. The normalized spacial score (nSPS) is 14.1. The lowest BCUT2D eigenvalue weighted by molar-refractivity contribution is -0.136. The van der Waals surface area contributed by atoms with Gasteiger partial charge in [0, 0.05) is 12.5 Å². The zero-order chi connectivity index (χ0) is 10.3. The minimum absolute atomic E-state index is 0.144. The van der Waals surface area contributed by atoms with Gasteiger partial charge in [-0.3, -0.25) is 0 Å². The molecule has 0 saturated heterocycles. The molecule has 0 aliphatic rings. The van der Waals surface area contributed by atoms with Crippen molar-refractivity contribution in [1.82, 2.24) is 0 Å². The predicted octanol–water partition coefficient (Wildman–Crippen LogP) is 1.65. The lowest BCUT2D eigenvalue weighted by atomic mass is 10.2. The quantitative estimate of drug-likeness (QED) is 0.490. The summed E-state index contributed by atoms with van der Waals surface area (Å²) in [6.45, 7) is 9.81. The molecule has 1 N–H and O–H groups in total. The maximum atomic E-state index is 9.26. The van der Waals surface area contributed by atoms with E-state index in [1.54, 1.807) is 0 Å². The molecule has 0 aromatic heterocycles. The SMILES string of the molecule is CC(C)COCCOC(O)C(C)C. The Morgan fingerprint density at radius 2 is 1.69 bits per heavy atom. The van der Waals surface area contributed by atoms with E-state index in [0.29, 0.717) is 19.1 Å². The Labute approximate surface area is 81.0 Å². The van der Waals surface area contributed by atoms with E-state index < -0.39 is 6.29 Å². The van der Waals surface area contributed by atoms with E-state index in [1.807, 2.05) is 13.8 Å². The standard InChI is InChI=1S/C10H22O3/c1-8(2)7-12-5-6-13-10(11)9(3)4/h8-11H,5-7H2,1-4H3. The molecule has 0 rings (SSSR count). The van der Waals surface area contributed by atoms with Crippen LogP contribution in [0.25, 0.3) is 0 Å². The maximum absolute atomic E-state index is 9.26. The topological polar surface area (TPSA) is 38.7 Å². The molecule has 0 spiro atoms. The van der Waals surface area contributed by atoms with Crippen molar-refractivity contribution in [2.45, 2.75) is 34.0 Å². The average molecular weight is 190 g/mol. The molecule has 1 unspecified atom stereocenters. The molecule has 0 saturated carbocycles. The van der Waals surface area contributed by atoms with Gasteiger partial charge in [0.05, 0.1) is 13.2 Å². The van der Waals surface area contributed by atoms with Gasteiger partial charge in [-0.05, 0) is 5.92 Å². The maximum Gasteiger partial charge on any atom is 0.156 e. The van der Waals surface area contributed by atoms with Crippen LogP contribution >= 0.6 is 0 Å². The lowest BCUT2D eigenvalue weighted by Crippen LogP contribution is -2.21. The second-order valence-corrected chi connectivity index (χ2v) is 3.97. The zero-order valence-corrected chi connectivity index (χ0v) is 9.12. The van der Waals surface area contributed by atoms with Crippen molar-refractivity contribution in [2.24, 2.45) is 11.8 Å². The predicted molar refractivity (Wildman–Crippen MR) is 52.5 cm³/mol. The molecule has 0 fully saturated rings. The molecule has 0 amide bonds. The molecule has 13 heavy (non-hydrogen) atoms. The van der Waals surface area contributed by atoms with Crippen LogP contribution in [0.3, 0.4) is 0 Å². The van der Waals surface area contributed by atoms with Gasteiger partial charge in [0.1, 0.15) is 0 Å². The van der Waals surface area contributed by atoms with Gasteiger partial charge in [-0.2, -0.15) is 0 Å². The summed E-state index contributed by atoms with van der Waals surface area (Å²) in [6, 6.07) is 0. The molecule has 80 valence electrons. The highest BCUT2D eigenvalue weighted by atomic mass is 16.6. The van der Waals surface area contributed by atoms with Crippen LogP contribution in [-0.2, 0) is 9.47 Å². The van der Waals surface area contributed by atoms with E-state index in [4.69, 9.17) is 9.47 Å². The van der Waals surface area contributed by atoms with Crippen molar-refractivity contribution in [1.29, 1.82) is 0 Å². The van der Waals surface area contributed by atoms with Gasteiger partial charge < -0.3 is 14.6 Å². The van der Waals surface area contributed by atoms with Gasteiger partial charge in [0.25, 0.3) is 0 Å². The van der Waals surface area contributed by atoms with Gasteiger partial charge >= 0.3 is 0 Å². The van der Waals surface area contributed by atoms with E-state index in [1.165, 1.54) is 0 Å². The van der Waals surface area contributed by atoms with Crippen molar-refractivity contribution in [3.63, 3.8) is 0 Å². The van der Waals surface area contributed by atoms with Gasteiger partial charge in [-0.25, -0.2) is 0 Å². The van der Waals surface area contributed by atoms with Crippen LogP contribution in [-0.4, -0.2) is 31.2 Å². The minimum atomic E-state index is -0.664. The molecule has 0 aromatic rings. The Morgan fingerprint density at radius 1 is 1.08 bits per heavy atom. The fraction of sp³-hybridized carbons (Fsp3) is 1.00. The molecule has 0 bridgehead atoms. The zero-order valence-electron chi connectivity index (χ0n) is 9.12.